The summed E-state index contributed by atoms with van der Waals surface area (Å²) in [6, 6.07) is 38.7. The second-order valence-electron chi connectivity index (χ2n) is 10.1. The van der Waals surface area contributed by atoms with Gasteiger partial charge in [-0.3, -0.25) is 0 Å². The Hall–Kier alpha value is -4.95. The van der Waals surface area contributed by atoms with Gasteiger partial charge in [0, 0.05) is 28.5 Å². The fourth-order valence-corrected chi connectivity index (χ4v) is 5.64. The Balaban J connectivity index is 1.18. The summed E-state index contributed by atoms with van der Waals surface area (Å²) in [7, 11) is 0. The average molecular weight is 502 g/mol. The van der Waals surface area contributed by atoms with Gasteiger partial charge in [0.05, 0.1) is 0 Å². The third-order valence-electron chi connectivity index (χ3n) is 7.75. The lowest BCUT2D eigenvalue weighted by Crippen LogP contribution is -1.95. The number of hydrogen-bond acceptors (Lipinski definition) is 2. The highest BCUT2D eigenvalue weighted by molar-refractivity contribution is 6.13. The standard InChI is InChI=1S/C37H27NO/c38-24-33-10-5-11-36-37(33)34-23-32(20-21-35(34)39-36)31-9-4-8-30(22-31)29-18-16-28(17-19-29)27-14-12-26(13-15-27)25-6-2-1-3-7-25/h1-6,8-25,38H,7H2. The van der Waals surface area contributed by atoms with E-state index in [-0.39, 0.29) is 0 Å². The Morgan fingerprint density at radius 2 is 1.26 bits per heavy atom. The lowest BCUT2D eigenvalue weighted by Gasteiger charge is -2.14. The summed E-state index contributed by atoms with van der Waals surface area (Å²) >= 11 is 0. The molecule has 39 heavy (non-hydrogen) atoms. The lowest BCUT2D eigenvalue weighted by atomic mass is 9.91. The van der Waals surface area contributed by atoms with Crippen molar-refractivity contribution in [3.05, 3.63) is 145 Å². The molecule has 0 bridgehead atoms. The van der Waals surface area contributed by atoms with Crippen molar-refractivity contribution in [1.82, 2.24) is 0 Å². The predicted octanol–water partition coefficient (Wildman–Crippen LogP) is 10.2. The Labute approximate surface area is 228 Å². The smallest absolute Gasteiger partial charge is 0.136 e. The van der Waals surface area contributed by atoms with E-state index >= 15 is 0 Å². The zero-order valence-electron chi connectivity index (χ0n) is 21.5. The number of benzene rings is 5. The van der Waals surface area contributed by atoms with E-state index in [1.54, 1.807) is 0 Å². The summed E-state index contributed by atoms with van der Waals surface area (Å²) in [5, 5.41) is 9.87. The molecule has 5 aromatic carbocycles. The van der Waals surface area contributed by atoms with Gasteiger partial charge < -0.3 is 9.83 Å². The van der Waals surface area contributed by atoms with Gasteiger partial charge in [-0.15, -0.1) is 0 Å². The third-order valence-corrected chi connectivity index (χ3v) is 7.75. The van der Waals surface area contributed by atoms with Gasteiger partial charge in [-0.05, 0) is 69.6 Å². The van der Waals surface area contributed by atoms with Crippen LogP contribution < -0.4 is 0 Å². The van der Waals surface area contributed by atoms with Crippen molar-refractivity contribution in [2.45, 2.75) is 12.3 Å². The lowest BCUT2D eigenvalue weighted by molar-refractivity contribution is 0.669. The van der Waals surface area contributed by atoms with E-state index < -0.39 is 0 Å². The maximum absolute atomic E-state index is 7.83. The van der Waals surface area contributed by atoms with Crippen molar-refractivity contribution in [3.63, 3.8) is 0 Å². The molecule has 0 saturated carbocycles. The summed E-state index contributed by atoms with van der Waals surface area (Å²) in [6.07, 6.45) is 11.2. The molecule has 2 heteroatoms. The van der Waals surface area contributed by atoms with Crippen molar-refractivity contribution < 1.29 is 4.42 Å². The van der Waals surface area contributed by atoms with Gasteiger partial charge in [0.15, 0.2) is 0 Å². The van der Waals surface area contributed by atoms with Crippen LogP contribution in [-0.4, -0.2) is 6.21 Å². The van der Waals surface area contributed by atoms with Gasteiger partial charge in [-0.25, -0.2) is 0 Å². The molecular formula is C37H27NO. The summed E-state index contributed by atoms with van der Waals surface area (Å²) < 4.78 is 6.05. The molecule has 1 aliphatic carbocycles. The molecule has 6 aromatic rings. The number of allylic oxidation sites excluding steroid dienone is 4. The highest BCUT2D eigenvalue weighted by Crippen LogP contribution is 2.35. The van der Waals surface area contributed by atoms with Crippen LogP contribution in [0.1, 0.15) is 23.5 Å². The minimum absolute atomic E-state index is 0.477. The molecule has 1 aromatic heterocycles. The average Bonchev–Trinajstić information content (AvgIpc) is 3.40. The van der Waals surface area contributed by atoms with Crippen molar-refractivity contribution in [2.75, 3.05) is 0 Å². The van der Waals surface area contributed by atoms with Crippen LogP contribution in [0.4, 0.5) is 0 Å². The summed E-state index contributed by atoms with van der Waals surface area (Å²) in [5.74, 6) is 0.477. The summed E-state index contributed by atoms with van der Waals surface area (Å²) in [5.41, 5.74) is 11.0. The topological polar surface area (TPSA) is 37.0 Å². The van der Waals surface area contributed by atoms with Crippen LogP contribution in [0.2, 0.25) is 0 Å². The third kappa shape index (κ3) is 4.30. The monoisotopic (exact) mass is 501 g/mol. The van der Waals surface area contributed by atoms with Crippen LogP contribution in [0.15, 0.2) is 138 Å². The molecule has 0 aliphatic heterocycles. The van der Waals surface area contributed by atoms with Gasteiger partial charge in [-0.2, -0.15) is 0 Å². The van der Waals surface area contributed by atoms with Crippen molar-refractivity contribution in [2.24, 2.45) is 0 Å². The Morgan fingerprint density at radius 3 is 1.97 bits per heavy atom. The van der Waals surface area contributed by atoms with E-state index in [1.165, 1.54) is 34.0 Å². The van der Waals surface area contributed by atoms with Gasteiger partial charge >= 0.3 is 0 Å². The van der Waals surface area contributed by atoms with Gasteiger partial charge in [0.25, 0.3) is 0 Å². The first-order valence-corrected chi connectivity index (χ1v) is 13.4. The first kappa shape index (κ1) is 23.2. The second-order valence-corrected chi connectivity index (χ2v) is 10.1. The molecule has 0 radical (unpaired) electrons. The molecule has 1 aliphatic rings. The molecule has 0 saturated heterocycles. The van der Waals surface area contributed by atoms with Crippen LogP contribution in [0.3, 0.4) is 0 Å². The van der Waals surface area contributed by atoms with E-state index in [0.29, 0.717) is 5.92 Å². The Kier molecular flexibility index (Phi) is 5.79. The molecule has 1 unspecified atom stereocenters. The largest absolute Gasteiger partial charge is 0.456 e. The summed E-state index contributed by atoms with van der Waals surface area (Å²) in [4.78, 5) is 0. The van der Waals surface area contributed by atoms with E-state index in [1.807, 2.05) is 24.3 Å². The van der Waals surface area contributed by atoms with Crippen molar-refractivity contribution >= 4 is 28.2 Å². The number of fused-ring (bicyclic) bond motifs is 3. The first-order chi connectivity index (χ1) is 19.3. The minimum atomic E-state index is 0.477. The molecular weight excluding hydrogens is 474 g/mol. The molecule has 0 amide bonds. The number of hydrogen-bond donors (Lipinski definition) is 1. The SMILES string of the molecule is N=Cc1cccc2oc3ccc(-c4cccc(-c5ccc(-c6ccc(C7C=CC=CC7)cc6)cc5)c4)cc3c12. The predicted molar refractivity (Wildman–Crippen MR) is 164 cm³/mol. The van der Waals surface area contributed by atoms with E-state index in [2.05, 4.69) is 109 Å². The first-order valence-electron chi connectivity index (χ1n) is 13.4. The van der Waals surface area contributed by atoms with Gasteiger partial charge in [0.2, 0.25) is 0 Å². The second kappa shape index (κ2) is 9.74. The van der Waals surface area contributed by atoms with E-state index in [9.17, 15) is 0 Å². The fraction of sp³-hybridized carbons (Fsp3) is 0.0541. The van der Waals surface area contributed by atoms with Gasteiger partial charge in [-0.1, -0.05) is 109 Å². The molecule has 7 rings (SSSR count). The van der Waals surface area contributed by atoms with Crippen molar-refractivity contribution in [3.8, 4) is 33.4 Å². The van der Waals surface area contributed by atoms with Crippen LogP contribution in [0.25, 0.3) is 55.3 Å². The molecule has 0 fully saturated rings. The normalized spacial score (nSPS) is 14.7. The van der Waals surface area contributed by atoms with Crippen LogP contribution in [0.5, 0.6) is 0 Å². The number of nitrogens with one attached hydrogen (secondary N) is 1. The Morgan fingerprint density at radius 1 is 0.615 bits per heavy atom. The highest BCUT2D eigenvalue weighted by atomic mass is 16.3. The quantitative estimate of drug-likeness (QED) is 0.234. The highest BCUT2D eigenvalue weighted by Gasteiger charge is 2.12. The van der Waals surface area contributed by atoms with Crippen LogP contribution in [-0.2, 0) is 0 Å². The zero-order valence-corrected chi connectivity index (χ0v) is 21.5. The molecule has 0 spiro atoms. The van der Waals surface area contributed by atoms with E-state index in [0.717, 1.165) is 45.0 Å². The molecule has 186 valence electrons. The molecule has 2 nitrogen and oxygen atoms in total. The summed E-state index contributed by atoms with van der Waals surface area (Å²) in [6.45, 7) is 0. The maximum Gasteiger partial charge on any atom is 0.136 e. The van der Waals surface area contributed by atoms with Crippen LogP contribution >= 0.6 is 0 Å². The number of rotatable bonds is 5. The minimum Gasteiger partial charge on any atom is -0.456 e. The fourth-order valence-electron chi connectivity index (χ4n) is 5.64. The zero-order chi connectivity index (χ0) is 26.2. The molecule has 1 heterocycles. The van der Waals surface area contributed by atoms with Crippen molar-refractivity contribution in [1.29, 1.82) is 5.41 Å². The maximum atomic E-state index is 7.83. The molecule has 1 N–H and O–H groups in total. The Bertz CT molecular complexity index is 1890. The van der Waals surface area contributed by atoms with Gasteiger partial charge in [0.1, 0.15) is 11.2 Å². The number of furan rings is 1. The van der Waals surface area contributed by atoms with Crippen LogP contribution in [0, 0.1) is 5.41 Å². The van der Waals surface area contributed by atoms with E-state index in [4.69, 9.17) is 9.83 Å². The molecule has 1 atom stereocenters.